The van der Waals surface area contributed by atoms with E-state index in [0.29, 0.717) is 57.9 Å². The van der Waals surface area contributed by atoms with Crippen LogP contribution in [0.3, 0.4) is 0 Å². The highest BCUT2D eigenvalue weighted by Crippen LogP contribution is 2.21. The average molecular weight is 500 g/mol. The topological polar surface area (TPSA) is 103 Å². The van der Waals surface area contributed by atoms with E-state index in [1.807, 2.05) is 38.1 Å². The summed E-state index contributed by atoms with van der Waals surface area (Å²) in [5, 5.41) is 2.82. The van der Waals surface area contributed by atoms with Crippen LogP contribution in [0.2, 0.25) is 0 Å². The molecule has 2 amide bonds. The van der Waals surface area contributed by atoms with Gasteiger partial charge in [-0.2, -0.15) is 4.31 Å². The first-order chi connectivity index (χ1) is 16.7. The first-order valence-electron chi connectivity index (χ1n) is 12.0. The van der Waals surface area contributed by atoms with Crippen LogP contribution in [0.4, 0.5) is 11.5 Å². The lowest BCUT2D eigenvalue weighted by Crippen LogP contribution is -2.51. The summed E-state index contributed by atoms with van der Waals surface area (Å²) in [6.07, 6.45) is 2.69. The summed E-state index contributed by atoms with van der Waals surface area (Å²) in [6, 6.07) is 11.8. The van der Waals surface area contributed by atoms with Gasteiger partial charge in [-0.1, -0.05) is 18.2 Å². The number of nitrogens with zero attached hydrogens (tertiary/aromatic N) is 4. The number of nitrogens with one attached hydrogen (secondary N) is 1. The van der Waals surface area contributed by atoms with Crippen LogP contribution in [0.5, 0.6) is 0 Å². The van der Waals surface area contributed by atoms with Crippen LogP contribution in [0.25, 0.3) is 0 Å². The predicted molar refractivity (Wildman–Crippen MR) is 136 cm³/mol. The van der Waals surface area contributed by atoms with Crippen molar-refractivity contribution < 1.29 is 18.0 Å². The Kier molecular flexibility index (Phi) is 7.71. The Morgan fingerprint density at radius 2 is 1.69 bits per heavy atom. The Hall–Kier alpha value is -2.98. The van der Waals surface area contributed by atoms with Crippen molar-refractivity contribution in [2.45, 2.75) is 26.7 Å². The van der Waals surface area contributed by atoms with Crippen LogP contribution in [0, 0.1) is 19.8 Å². The number of carbonyl (C=O) groups excluding carboxylic acids is 2. The van der Waals surface area contributed by atoms with E-state index in [1.165, 1.54) is 4.31 Å². The first-order valence-corrected chi connectivity index (χ1v) is 13.6. The number of likely N-dealkylation sites (tertiary alicyclic amines) is 1. The SMILES string of the molecule is Cc1ccc(NC(=O)C2CCN(C(=O)CS(=O)(=O)N3CCN(c4cccc(C)c4)CC3)CC2)nc1. The average Bonchev–Trinajstić information content (AvgIpc) is 2.85. The molecule has 0 atom stereocenters. The Bertz CT molecular complexity index is 1150. The molecule has 9 nitrogen and oxygen atoms in total. The summed E-state index contributed by atoms with van der Waals surface area (Å²) in [5.74, 6) is -0.763. The fourth-order valence-corrected chi connectivity index (χ4v) is 5.95. The van der Waals surface area contributed by atoms with E-state index in [9.17, 15) is 18.0 Å². The van der Waals surface area contributed by atoms with E-state index >= 15 is 0 Å². The van der Waals surface area contributed by atoms with Gasteiger partial charge in [-0.25, -0.2) is 13.4 Å². The summed E-state index contributed by atoms with van der Waals surface area (Å²) in [5.41, 5.74) is 3.26. The Morgan fingerprint density at radius 1 is 0.971 bits per heavy atom. The zero-order valence-corrected chi connectivity index (χ0v) is 21.1. The molecule has 10 heteroatoms. The summed E-state index contributed by atoms with van der Waals surface area (Å²) in [4.78, 5) is 33.3. The number of hydrogen-bond donors (Lipinski definition) is 1. The second kappa shape index (κ2) is 10.7. The van der Waals surface area contributed by atoms with Crippen LogP contribution in [0.1, 0.15) is 24.0 Å². The Labute approximate surface area is 207 Å². The second-order valence-corrected chi connectivity index (χ2v) is 11.3. The van der Waals surface area contributed by atoms with Crippen LogP contribution in [-0.2, 0) is 19.6 Å². The van der Waals surface area contributed by atoms with Gasteiger partial charge in [0.25, 0.3) is 0 Å². The third-order valence-corrected chi connectivity index (χ3v) is 8.45. The number of anilines is 2. The number of sulfonamides is 1. The minimum Gasteiger partial charge on any atom is -0.369 e. The van der Waals surface area contributed by atoms with Gasteiger partial charge in [0.1, 0.15) is 11.6 Å². The minimum atomic E-state index is -3.69. The number of benzene rings is 1. The molecule has 0 radical (unpaired) electrons. The summed E-state index contributed by atoms with van der Waals surface area (Å²) in [7, 11) is -3.69. The quantitative estimate of drug-likeness (QED) is 0.653. The highest BCUT2D eigenvalue weighted by Gasteiger charge is 2.33. The molecule has 2 aliphatic heterocycles. The normalized spacial score (nSPS) is 17.9. The van der Waals surface area contributed by atoms with Gasteiger partial charge < -0.3 is 15.1 Å². The standard InChI is InChI=1S/C25H33N5O4S/c1-19-4-3-5-22(16-19)28-12-14-30(15-13-28)35(33,34)18-24(31)29-10-8-21(9-11-29)25(32)27-23-7-6-20(2)17-26-23/h3-7,16-17,21H,8-15,18H2,1-2H3,(H,26,27,32). The van der Waals surface area contributed by atoms with Crippen molar-refractivity contribution in [2.75, 3.05) is 55.2 Å². The third-order valence-electron chi connectivity index (χ3n) is 6.69. The van der Waals surface area contributed by atoms with Gasteiger partial charge in [-0.15, -0.1) is 0 Å². The highest BCUT2D eigenvalue weighted by atomic mass is 32.2. The third kappa shape index (κ3) is 6.37. The van der Waals surface area contributed by atoms with Crippen LogP contribution in [-0.4, -0.2) is 79.4 Å². The van der Waals surface area contributed by atoms with Gasteiger partial charge in [-0.05, 0) is 56.0 Å². The summed E-state index contributed by atoms with van der Waals surface area (Å²) >= 11 is 0. The molecular weight excluding hydrogens is 466 g/mol. The van der Waals surface area contributed by atoms with Gasteiger partial charge in [0, 0.05) is 57.1 Å². The fourth-order valence-electron chi connectivity index (χ4n) is 4.55. The number of aryl methyl sites for hydroxylation is 2. The number of piperazine rings is 1. The number of aromatic nitrogens is 1. The van der Waals surface area contributed by atoms with Crippen LogP contribution < -0.4 is 10.2 Å². The molecule has 188 valence electrons. The lowest BCUT2D eigenvalue weighted by Gasteiger charge is -2.36. The molecule has 0 bridgehead atoms. The van der Waals surface area contributed by atoms with Crippen molar-refractivity contribution >= 4 is 33.3 Å². The van der Waals surface area contributed by atoms with E-state index in [2.05, 4.69) is 21.3 Å². The molecule has 0 aliphatic carbocycles. The van der Waals surface area contributed by atoms with Gasteiger partial charge in [0.05, 0.1) is 0 Å². The maximum Gasteiger partial charge on any atom is 0.239 e. The summed E-state index contributed by atoms with van der Waals surface area (Å²) < 4.78 is 27.3. The predicted octanol–water partition coefficient (Wildman–Crippen LogP) is 2.03. The lowest BCUT2D eigenvalue weighted by atomic mass is 9.96. The van der Waals surface area contributed by atoms with Crippen molar-refractivity contribution in [1.82, 2.24) is 14.2 Å². The minimum absolute atomic E-state index is 0.118. The monoisotopic (exact) mass is 499 g/mol. The molecule has 2 aromatic rings. The van der Waals surface area contributed by atoms with Crippen molar-refractivity contribution in [1.29, 1.82) is 0 Å². The molecule has 1 N–H and O–H groups in total. The molecule has 4 rings (SSSR count). The zero-order valence-electron chi connectivity index (χ0n) is 20.3. The van der Waals surface area contributed by atoms with E-state index in [-0.39, 0.29) is 11.8 Å². The largest absolute Gasteiger partial charge is 0.369 e. The highest BCUT2D eigenvalue weighted by molar-refractivity contribution is 7.89. The number of piperidine rings is 1. The van der Waals surface area contributed by atoms with Crippen molar-refractivity contribution in [3.8, 4) is 0 Å². The molecular formula is C25H33N5O4S. The van der Waals surface area contributed by atoms with Gasteiger partial charge >= 0.3 is 0 Å². The maximum atomic E-state index is 12.9. The first kappa shape index (κ1) is 25.1. The smallest absolute Gasteiger partial charge is 0.239 e. The molecule has 1 aromatic heterocycles. The van der Waals surface area contributed by atoms with Crippen LogP contribution >= 0.6 is 0 Å². The van der Waals surface area contributed by atoms with Gasteiger partial charge in [-0.3, -0.25) is 9.59 Å². The Balaban J connectivity index is 1.24. The maximum absolute atomic E-state index is 12.9. The molecule has 35 heavy (non-hydrogen) atoms. The zero-order chi connectivity index (χ0) is 25.0. The lowest BCUT2D eigenvalue weighted by molar-refractivity contribution is -0.132. The molecule has 3 heterocycles. The number of carbonyl (C=O) groups is 2. The number of hydrogen-bond acceptors (Lipinski definition) is 6. The van der Waals surface area contributed by atoms with Gasteiger partial charge in [0.15, 0.2) is 0 Å². The molecule has 0 saturated carbocycles. The van der Waals surface area contributed by atoms with Crippen molar-refractivity contribution in [3.63, 3.8) is 0 Å². The second-order valence-electron chi connectivity index (χ2n) is 9.35. The van der Waals surface area contributed by atoms with E-state index in [0.717, 1.165) is 16.8 Å². The van der Waals surface area contributed by atoms with Gasteiger partial charge in [0.2, 0.25) is 21.8 Å². The summed E-state index contributed by atoms with van der Waals surface area (Å²) in [6.45, 7) is 6.60. The van der Waals surface area contributed by atoms with E-state index < -0.39 is 21.7 Å². The molecule has 2 aliphatic rings. The van der Waals surface area contributed by atoms with E-state index in [1.54, 1.807) is 17.2 Å². The van der Waals surface area contributed by atoms with Crippen molar-refractivity contribution in [3.05, 3.63) is 53.7 Å². The van der Waals surface area contributed by atoms with Crippen molar-refractivity contribution in [2.24, 2.45) is 5.92 Å². The fraction of sp³-hybridized carbons (Fsp3) is 0.480. The molecule has 2 fully saturated rings. The number of rotatable bonds is 6. The van der Waals surface area contributed by atoms with E-state index in [4.69, 9.17) is 0 Å². The molecule has 0 unspecified atom stereocenters. The molecule has 1 aromatic carbocycles. The Morgan fingerprint density at radius 3 is 2.31 bits per heavy atom. The molecule has 2 saturated heterocycles. The number of amides is 2. The number of pyridine rings is 1. The molecule has 0 spiro atoms. The van der Waals surface area contributed by atoms with Crippen LogP contribution in [0.15, 0.2) is 42.6 Å².